The van der Waals surface area contributed by atoms with Gasteiger partial charge in [-0.3, -0.25) is 14.5 Å². The molecule has 0 aliphatic carbocycles. The first-order valence-electron chi connectivity index (χ1n) is 10.9. The minimum absolute atomic E-state index is 0.0262. The minimum Gasteiger partial charge on any atom is -0.451 e. The van der Waals surface area contributed by atoms with Crippen molar-refractivity contribution in [2.45, 2.75) is 38.6 Å². The Hall–Kier alpha value is -2.63. The quantitative estimate of drug-likeness (QED) is 0.590. The van der Waals surface area contributed by atoms with Crippen molar-refractivity contribution in [3.63, 3.8) is 0 Å². The number of hydrogen-bond donors (Lipinski definition) is 1. The third kappa shape index (κ3) is 4.83. The number of rotatable bonds is 6. The molecule has 3 aromatic rings. The number of hydrogen-bond acceptors (Lipinski definition) is 4. The van der Waals surface area contributed by atoms with Gasteiger partial charge in [-0.25, -0.2) is 0 Å². The Morgan fingerprint density at radius 3 is 2.65 bits per heavy atom. The van der Waals surface area contributed by atoms with Gasteiger partial charge in [0.25, 0.3) is 5.91 Å². The summed E-state index contributed by atoms with van der Waals surface area (Å²) in [6.07, 6.45) is 4.32. The third-order valence-electron chi connectivity index (χ3n) is 5.98. The van der Waals surface area contributed by atoms with Crippen molar-refractivity contribution in [2.75, 3.05) is 19.6 Å². The molecule has 162 valence electrons. The fourth-order valence-corrected chi connectivity index (χ4v) is 4.48. The number of fused-ring (bicyclic) bond motifs is 1. The second-order valence-electron chi connectivity index (χ2n) is 8.00. The number of nitrogens with zero attached hydrogens (tertiary/aromatic N) is 1. The molecule has 1 aliphatic heterocycles. The summed E-state index contributed by atoms with van der Waals surface area (Å²) in [7, 11) is 0. The molecule has 1 atom stereocenters. The van der Waals surface area contributed by atoms with Gasteiger partial charge in [0.2, 0.25) is 0 Å². The van der Waals surface area contributed by atoms with Crippen LogP contribution in [0.5, 0.6) is 0 Å². The molecule has 31 heavy (non-hydrogen) atoms. The Kier molecular flexibility index (Phi) is 6.73. The average molecular weight is 439 g/mol. The third-order valence-corrected chi connectivity index (χ3v) is 6.32. The van der Waals surface area contributed by atoms with Crippen LogP contribution in [-0.4, -0.2) is 30.4 Å². The lowest BCUT2D eigenvalue weighted by molar-refractivity contribution is 0.0897. The number of nitrogens with one attached hydrogen (secondary N) is 1. The Labute approximate surface area is 187 Å². The molecule has 0 saturated carbocycles. The predicted molar refractivity (Wildman–Crippen MR) is 124 cm³/mol. The zero-order chi connectivity index (χ0) is 21.8. The smallest absolute Gasteiger partial charge is 0.287 e. The van der Waals surface area contributed by atoms with Gasteiger partial charge >= 0.3 is 0 Å². The Bertz CT molecular complexity index is 1140. The van der Waals surface area contributed by atoms with Gasteiger partial charge in [0.1, 0.15) is 5.58 Å². The van der Waals surface area contributed by atoms with Crippen molar-refractivity contribution < 1.29 is 9.21 Å². The molecule has 0 bridgehead atoms. The summed E-state index contributed by atoms with van der Waals surface area (Å²) < 4.78 is 5.76. The standard InChI is InChI=1S/C25H27ClN2O3/c1-2-17-10-11-23-19(14-17)22(29)15-24(31-23)25(30)27-16-21(28-12-6-3-7-13-28)18-8-4-5-9-20(18)26/h4-5,8-11,14-15,21H,2-3,6-7,12-13,16H2,1H3,(H,27,30)/t21-/m0/s1. The van der Waals surface area contributed by atoms with Crippen molar-refractivity contribution >= 4 is 28.5 Å². The maximum atomic E-state index is 12.9. The Balaban J connectivity index is 1.56. The van der Waals surface area contributed by atoms with E-state index in [1.54, 1.807) is 6.07 Å². The molecule has 5 nitrogen and oxygen atoms in total. The van der Waals surface area contributed by atoms with Gasteiger partial charge in [-0.15, -0.1) is 0 Å². The number of aryl methyl sites for hydroxylation is 1. The van der Waals surface area contributed by atoms with Crippen LogP contribution < -0.4 is 10.7 Å². The first-order chi connectivity index (χ1) is 15.1. The van der Waals surface area contributed by atoms with E-state index in [1.165, 1.54) is 12.5 Å². The molecule has 1 saturated heterocycles. The minimum atomic E-state index is -0.396. The second kappa shape index (κ2) is 9.67. The number of piperidine rings is 1. The van der Waals surface area contributed by atoms with Crippen LogP contribution in [-0.2, 0) is 6.42 Å². The molecule has 2 aromatic carbocycles. The number of carbonyl (C=O) groups excluding carboxylic acids is 1. The summed E-state index contributed by atoms with van der Waals surface area (Å²) in [5.41, 5.74) is 2.27. The Morgan fingerprint density at radius 1 is 1.13 bits per heavy atom. The highest BCUT2D eigenvalue weighted by Crippen LogP contribution is 2.29. The van der Waals surface area contributed by atoms with Gasteiger partial charge in [0.05, 0.1) is 11.4 Å². The molecule has 1 aromatic heterocycles. The Morgan fingerprint density at radius 2 is 1.90 bits per heavy atom. The molecule has 6 heteroatoms. The van der Waals surface area contributed by atoms with Crippen LogP contribution in [0.3, 0.4) is 0 Å². The summed E-state index contributed by atoms with van der Waals surface area (Å²) in [6.45, 7) is 4.36. The van der Waals surface area contributed by atoms with E-state index in [0.29, 0.717) is 22.5 Å². The lowest BCUT2D eigenvalue weighted by Gasteiger charge is -2.35. The van der Waals surface area contributed by atoms with Gasteiger partial charge in [-0.05, 0) is 61.7 Å². The molecule has 4 rings (SSSR count). The van der Waals surface area contributed by atoms with Gasteiger partial charge in [0.15, 0.2) is 11.2 Å². The lowest BCUT2D eigenvalue weighted by atomic mass is 10.0. The first kappa shape index (κ1) is 21.6. The average Bonchev–Trinajstić information content (AvgIpc) is 2.80. The number of benzene rings is 2. The van der Waals surface area contributed by atoms with Crippen molar-refractivity contribution in [1.29, 1.82) is 0 Å². The van der Waals surface area contributed by atoms with E-state index in [1.807, 2.05) is 43.3 Å². The number of halogens is 1. The van der Waals surface area contributed by atoms with E-state index >= 15 is 0 Å². The van der Waals surface area contributed by atoms with Crippen LogP contribution in [0, 0.1) is 0 Å². The molecular formula is C25H27ClN2O3. The van der Waals surface area contributed by atoms with E-state index in [9.17, 15) is 9.59 Å². The van der Waals surface area contributed by atoms with Gasteiger partial charge in [0, 0.05) is 17.6 Å². The van der Waals surface area contributed by atoms with Crippen molar-refractivity contribution in [3.05, 3.63) is 80.7 Å². The monoisotopic (exact) mass is 438 g/mol. The van der Waals surface area contributed by atoms with Crippen LogP contribution in [0.15, 0.2) is 57.7 Å². The maximum Gasteiger partial charge on any atom is 0.287 e. The van der Waals surface area contributed by atoms with E-state index in [2.05, 4.69) is 10.2 Å². The van der Waals surface area contributed by atoms with E-state index in [-0.39, 0.29) is 17.2 Å². The van der Waals surface area contributed by atoms with Crippen LogP contribution in [0.2, 0.25) is 5.02 Å². The molecule has 1 aliphatic rings. The zero-order valence-electron chi connectivity index (χ0n) is 17.7. The fraction of sp³-hybridized carbons (Fsp3) is 0.360. The normalized spacial score (nSPS) is 15.7. The number of likely N-dealkylation sites (tertiary alicyclic amines) is 1. The summed E-state index contributed by atoms with van der Waals surface area (Å²) in [5.74, 6) is -0.370. The summed E-state index contributed by atoms with van der Waals surface area (Å²) in [4.78, 5) is 27.8. The largest absolute Gasteiger partial charge is 0.451 e. The molecule has 1 N–H and O–H groups in total. The highest BCUT2D eigenvalue weighted by molar-refractivity contribution is 6.31. The summed E-state index contributed by atoms with van der Waals surface area (Å²) in [5, 5.41) is 4.15. The highest BCUT2D eigenvalue weighted by atomic mass is 35.5. The van der Waals surface area contributed by atoms with Gasteiger partial charge < -0.3 is 9.73 Å². The predicted octanol–water partition coefficient (Wildman–Crippen LogP) is 4.97. The molecule has 1 amide bonds. The van der Waals surface area contributed by atoms with E-state index in [4.69, 9.17) is 16.0 Å². The molecule has 0 spiro atoms. The topological polar surface area (TPSA) is 62.6 Å². The van der Waals surface area contributed by atoms with Crippen LogP contribution in [0.4, 0.5) is 0 Å². The fourth-order valence-electron chi connectivity index (χ4n) is 4.22. The van der Waals surface area contributed by atoms with Crippen LogP contribution in [0.25, 0.3) is 11.0 Å². The molecule has 0 radical (unpaired) electrons. The number of amides is 1. The maximum absolute atomic E-state index is 12.9. The molecule has 0 unspecified atom stereocenters. The molecular weight excluding hydrogens is 412 g/mol. The lowest BCUT2D eigenvalue weighted by Crippen LogP contribution is -2.40. The second-order valence-corrected chi connectivity index (χ2v) is 8.41. The van der Waals surface area contributed by atoms with Crippen LogP contribution in [0.1, 0.15) is 53.9 Å². The van der Waals surface area contributed by atoms with Gasteiger partial charge in [-0.2, -0.15) is 0 Å². The van der Waals surface area contributed by atoms with Crippen molar-refractivity contribution in [2.24, 2.45) is 0 Å². The summed E-state index contributed by atoms with van der Waals surface area (Å²) in [6, 6.07) is 14.5. The number of carbonyl (C=O) groups is 1. The zero-order valence-corrected chi connectivity index (χ0v) is 18.5. The SMILES string of the molecule is CCc1ccc2oc(C(=O)NC[C@@H](c3ccccc3Cl)N3CCCCC3)cc(=O)c2c1. The van der Waals surface area contributed by atoms with Crippen molar-refractivity contribution in [1.82, 2.24) is 10.2 Å². The molecule has 1 fully saturated rings. The first-order valence-corrected chi connectivity index (χ1v) is 11.3. The van der Waals surface area contributed by atoms with Crippen molar-refractivity contribution in [3.8, 4) is 0 Å². The highest BCUT2D eigenvalue weighted by Gasteiger charge is 2.25. The summed E-state index contributed by atoms with van der Waals surface area (Å²) >= 11 is 6.48. The van der Waals surface area contributed by atoms with E-state index in [0.717, 1.165) is 43.5 Å². The van der Waals surface area contributed by atoms with Crippen LogP contribution >= 0.6 is 11.6 Å². The molecule has 2 heterocycles. The van der Waals surface area contributed by atoms with E-state index < -0.39 is 5.91 Å². The van der Waals surface area contributed by atoms with Gasteiger partial charge in [-0.1, -0.05) is 49.2 Å².